The molecule has 21 heavy (non-hydrogen) atoms. The molecule has 1 atom stereocenters. The van der Waals surface area contributed by atoms with E-state index in [1.807, 2.05) is 0 Å². The molecule has 0 saturated carbocycles. The van der Waals surface area contributed by atoms with Gasteiger partial charge in [0.1, 0.15) is 13.2 Å². The Morgan fingerprint density at radius 2 is 1.86 bits per heavy atom. The van der Waals surface area contributed by atoms with E-state index in [0.717, 1.165) is 12.8 Å². The Hall–Kier alpha value is -2.08. The molecule has 0 spiro atoms. The summed E-state index contributed by atoms with van der Waals surface area (Å²) in [6, 6.07) is 3.33. The van der Waals surface area contributed by atoms with E-state index >= 15 is 0 Å². The summed E-state index contributed by atoms with van der Waals surface area (Å²) < 4.78 is 16.6. The number of anilines is 1. The standard InChI is InChI=1S/C15H15NO5/c17-14-10-6-12-13(21-5-4-20-12)7-11(10)16(15(14)18)8-9-2-1-3-19-9/h6-7,9H,1-5,8H2/t9-/m1/s1. The van der Waals surface area contributed by atoms with Gasteiger partial charge < -0.3 is 19.1 Å². The molecule has 1 aromatic rings. The summed E-state index contributed by atoms with van der Waals surface area (Å²) in [4.78, 5) is 25.8. The number of Topliss-reactive ketones (excluding diaryl/α,β-unsaturated/α-hetero) is 1. The van der Waals surface area contributed by atoms with E-state index in [-0.39, 0.29) is 6.10 Å². The average molecular weight is 289 g/mol. The highest BCUT2D eigenvalue weighted by Crippen LogP contribution is 2.40. The lowest BCUT2D eigenvalue weighted by Gasteiger charge is -2.23. The van der Waals surface area contributed by atoms with E-state index in [0.29, 0.717) is 49.1 Å². The van der Waals surface area contributed by atoms with Gasteiger partial charge >= 0.3 is 0 Å². The van der Waals surface area contributed by atoms with Gasteiger partial charge in [-0.05, 0) is 18.9 Å². The summed E-state index contributed by atoms with van der Waals surface area (Å²) in [5.74, 6) is 0.128. The lowest BCUT2D eigenvalue weighted by molar-refractivity contribution is -0.114. The maximum absolute atomic E-state index is 12.2. The van der Waals surface area contributed by atoms with Crippen molar-refractivity contribution in [3.63, 3.8) is 0 Å². The van der Waals surface area contributed by atoms with Gasteiger partial charge in [-0.2, -0.15) is 0 Å². The van der Waals surface area contributed by atoms with Crippen LogP contribution in [0.2, 0.25) is 0 Å². The summed E-state index contributed by atoms with van der Waals surface area (Å²) in [6.07, 6.45) is 1.91. The van der Waals surface area contributed by atoms with Crippen LogP contribution in [0.1, 0.15) is 23.2 Å². The Kier molecular flexibility index (Phi) is 2.85. The molecule has 0 bridgehead atoms. The Morgan fingerprint density at radius 1 is 1.10 bits per heavy atom. The normalized spacial score (nSPS) is 23.6. The molecule has 6 heteroatoms. The number of rotatable bonds is 2. The van der Waals surface area contributed by atoms with Crippen molar-refractivity contribution in [2.24, 2.45) is 0 Å². The van der Waals surface area contributed by atoms with Crippen LogP contribution in [0.25, 0.3) is 0 Å². The zero-order valence-electron chi connectivity index (χ0n) is 11.5. The van der Waals surface area contributed by atoms with Gasteiger partial charge in [0.25, 0.3) is 11.7 Å². The maximum Gasteiger partial charge on any atom is 0.299 e. The second kappa shape index (κ2) is 4.73. The van der Waals surface area contributed by atoms with E-state index in [1.165, 1.54) is 4.90 Å². The number of benzene rings is 1. The maximum atomic E-state index is 12.2. The van der Waals surface area contributed by atoms with Crippen molar-refractivity contribution in [2.45, 2.75) is 18.9 Å². The minimum absolute atomic E-state index is 0.000834. The van der Waals surface area contributed by atoms with Gasteiger partial charge in [-0.1, -0.05) is 0 Å². The number of carbonyl (C=O) groups excluding carboxylic acids is 2. The van der Waals surface area contributed by atoms with Crippen LogP contribution in [0.3, 0.4) is 0 Å². The van der Waals surface area contributed by atoms with E-state index in [1.54, 1.807) is 12.1 Å². The third-order valence-corrected chi connectivity index (χ3v) is 4.05. The number of nitrogens with zero attached hydrogens (tertiary/aromatic N) is 1. The van der Waals surface area contributed by atoms with Crippen LogP contribution in [0.15, 0.2) is 12.1 Å². The van der Waals surface area contributed by atoms with Crippen LogP contribution < -0.4 is 14.4 Å². The quantitative estimate of drug-likeness (QED) is 0.765. The predicted octanol–water partition coefficient (Wildman–Crippen LogP) is 1.17. The lowest BCUT2D eigenvalue weighted by atomic mass is 10.1. The SMILES string of the molecule is O=C1C(=O)N(C[C@H]2CCCO2)c2cc3c(cc21)OCCO3. The van der Waals surface area contributed by atoms with E-state index in [4.69, 9.17) is 14.2 Å². The van der Waals surface area contributed by atoms with E-state index in [9.17, 15) is 9.59 Å². The zero-order chi connectivity index (χ0) is 14.4. The number of hydrogen-bond donors (Lipinski definition) is 0. The fourth-order valence-electron chi connectivity index (χ4n) is 3.00. The van der Waals surface area contributed by atoms with Crippen LogP contribution in [-0.4, -0.2) is 44.2 Å². The van der Waals surface area contributed by atoms with Crippen molar-refractivity contribution in [1.82, 2.24) is 0 Å². The number of ketones is 1. The molecule has 1 aromatic carbocycles. The van der Waals surface area contributed by atoms with Crippen molar-refractivity contribution < 1.29 is 23.8 Å². The average Bonchev–Trinajstić information content (AvgIpc) is 3.09. The third-order valence-electron chi connectivity index (χ3n) is 4.05. The summed E-state index contributed by atoms with van der Waals surface area (Å²) in [6.45, 7) is 2.05. The number of fused-ring (bicyclic) bond motifs is 2. The molecule has 0 unspecified atom stereocenters. The second-order valence-electron chi connectivity index (χ2n) is 5.39. The first kappa shape index (κ1) is 12.6. The summed E-state index contributed by atoms with van der Waals surface area (Å²) in [5.41, 5.74) is 0.993. The molecular formula is C15H15NO5. The van der Waals surface area contributed by atoms with Gasteiger partial charge in [-0.25, -0.2) is 0 Å². The molecule has 1 fully saturated rings. The molecule has 0 N–H and O–H groups in total. The molecule has 110 valence electrons. The van der Waals surface area contributed by atoms with Crippen molar-refractivity contribution >= 4 is 17.4 Å². The summed E-state index contributed by atoms with van der Waals surface area (Å²) >= 11 is 0. The van der Waals surface area contributed by atoms with Crippen molar-refractivity contribution in [3.8, 4) is 11.5 Å². The van der Waals surface area contributed by atoms with Crippen LogP contribution in [0, 0.1) is 0 Å². The molecule has 4 rings (SSSR count). The van der Waals surface area contributed by atoms with Gasteiger partial charge in [-0.15, -0.1) is 0 Å². The fourth-order valence-corrected chi connectivity index (χ4v) is 3.00. The molecule has 3 heterocycles. The predicted molar refractivity (Wildman–Crippen MR) is 73.1 cm³/mol. The minimum atomic E-state index is -0.497. The number of hydrogen-bond acceptors (Lipinski definition) is 5. The molecule has 1 amide bonds. The van der Waals surface area contributed by atoms with Crippen LogP contribution in [-0.2, 0) is 9.53 Å². The molecule has 3 aliphatic rings. The van der Waals surface area contributed by atoms with E-state index in [2.05, 4.69) is 0 Å². The highest BCUT2D eigenvalue weighted by molar-refractivity contribution is 6.52. The monoisotopic (exact) mass is 289 g/mol. The molecular weight excluding hydrogens is 274 g/mol. The van der Waals surface area contributed by atoms with Crippen molar-refractivity contribution in [1.29, 1.82) is 0 Å². The molecule has 0 radical (unpaired) electrons. The van der Waals surface area contributed by atoms with Gasteiger partial charge in [-0.3, -0.25) is 9.59 Å². The topological polar surface area (TPSA) is 65.1 Å². The first-order valence-electron chi connectivity index (χ1n) is 7.15. The van der Waals surface area contributed by atoms with Gasteiger partial charge in [0, 0.05) is 12.7 Å². The largest absolute Gasteiger partial charge is 0.486 e. The fraction of sp³-hybridized carbons (Fsp3) is 0.467. The van der Waals surface area contributed by atoms with Gasteiger partial charge in [0.15, 0.2) is 11.5 Å². The molecule has 3 aliphatic heterocycles. The van der Waals surface area contributed by atoms with Gasteiger partial charge in [0.05, 0.1) is 23.9 Å². The first-order valence-corrected chi connectivity index (χ1v) is 7.15. The molecule has 0 aromatic heterocycles. The Balaban J connectivity index is 1.71. The summed E-state index contributed by atoms with van der Waals surface area (Å²) in [5, 5.41) is 0. The van der Waals surface area contributed by atoms with Gasteiger partial charge in [0.2, 0.25) is 0 Å². The number of amides is 1. The Bertz CT molecular complexity index is 621. The second-order valence-corrected chi connectivity index (χ2v) is 5.39. The van der Waals surface area contributed by atoms with E-state index < -0.39 is 11.7 Å². The minimum Gasteiger partial charge on any atom is -0.486 e. The lowest BCUT2D eigenvalue weighted by Crippen LogP contribution is -2.36. The third kappa shape index (κ3) is 1.98. The van der Waals surface area contributed by atoms with Crippen LogP contribution in [0.4, 0.5) is 5.69 Å². The number of ether oxygens (including phenoxy) is 3. The smallest absolute Gasteiger partial charge is 0.299 e. The first-order chi connectivity index (χ1) is 10.2. The van der Waals surface area contributed by atoms with Crippen LogP contribution in [0.5, 0.6) is 11.5 Å². The van der Waals surface area contributed by atoms with Crippen molar-refractivity contribution in [2.75, 3.05) is 31.3 Å². The zero-order valence-corrected chi connectivity index (χ0v) is 11.5. The highest BCUT2D eigenvalue weighted by Gasteiger charge is 2.39. The highest BCUT2D eigenvalue weighted by atomic mass is 16.6. The van der Waals surface area contributed by atoms with Crippen molar-refractivity contribution in [3.05, 3.63) is 17.7 Å². The molecule has 1 saturated heterocycles. The summed E-state index contributed by atoms with van der Waals surface area (Å²) in [7, 11) is 0. The molecule has 0 aliphatic carbocycles. The Labute approximate surface area is 121 Å². The molecule has 6 nitrogen and oxygen atoms in total. The van der Waals surface area contributed by atoms with Crippen LogP contribution >= 0.6 is 0 Å². The Morgan fingerprint density at radius 3 is 2.57 bits per heavy atom. The number of carbonyl (C=O) groups is 2.